The molecule has 2 aliphatic heterocycles. The van der Waals surface area contributed by atoms with Gasteiger partial charge in [0, 0.05) is 71.2 Å². The largest absolute Gasteiger partial charge is 0.481 e. The van der Waals surface area contributed by atoms with Crippen molar-refractivity contribution in [2.24, 2.45) is 16.9 Å². The van der Waals surface area contributed by atoms with E-state index in [9.17, 15) is 22.8 Å². The Morgan fingerprint density at radius 1 is 1.15 bits per heavy atom. The van der Waals surface area contributed by atoms with Gasteiger partial charge in [-0.1, -0.05) is 0 Å². The molecule has 46 heavy (non-hydrogen) atoms. The topological polar surface area (TPSA) is 234 Å². The molecule has 1 aromatic heterocycles. The van der Waals surface area contributed by atoms with Gasteiger partial charge in [0.05, 0.1) is 26.0 Å². The minimum atomic E-state index is -4.06. The van der Waals surface area contributed by atoms with Crippen LogP contribution in [0.2, 0.25) is 0 Å². The zero-order chi connectivity index (χ0) is 33.5. The number of nitrogens with one attached hydrogen (secondary N) is 3. The molecule has 6 N–H and O–H groups in total. The predicted octanol–water partition coefficient (Wildman–Crippen LogP) is -2.26. The number of carboxylic acid groups (broad SMARTS) is 1. The van der Waals surface area contributed by atoms with E-state index in [1.54, 1.807) is 28.2 Å². The Balaban J connectivity index is 0.00000136. The van der Waals surface area contributed by atoms with Gasteiger partial charge in [-0.25, -0.2) is 4.98 Å². The van der Waals surface area contributed by atoms with E-state index in [1.165, 1.54) is 10.6 Å². The Bertz CT molecular complexity index is 1270. The molecule has 2 atom stereocenters. The third kappa shape index (κ3) is 12.9. The number of amides is 3. The number of hydrogen-bond acceptors (Lipinski definition) is 10. The number of imidazole rings is 1. The summed E-state index contributed by atoms with van der Waals surface area (Å²) < 4.78 is 37.0. The van der Waals surface area contributed by atoms with Crippen molar-refractivity contribution in [1.82, 2.24) is 39.0 Å². The first kappa shape index (κ1) is 36.7. The lowest BCUT2D eigenvalue weighted by Crippen LogP contribution is -2.56. The Kier molecular flexibility index (Phi) is 14.6. The van der Waals surface area contributed by atoms with Crippen molar-refractivity contribution in [3.8, 4) is 0 Å². The Hall–Kier alpha value is -3.81. The van der Waals surface area contributed by atoms with Crippen molar-refractivity contribution >= 4 is 40.2 Å². The third-order valence-electron chi connectivity index (χ3n) is 7.49. The van der Waals surface area contributed by atoms with Gasteiger partial charge < -0.3 is 40.7 Å². The van der Waals surface area contributed by atoms with Gasteiger partial charge in [-0.05, 0) is 31.6 Å². The van der Waals surface area contributed by atoms with Crippen molar-refractivity contribution in [3.63, 3.8) is 0 Å². The lowest BCUT2D eigenvalue weighted by Gasteiger charge is -2.32. The quantitative estimate of drug-likeness (QED) is 0.0578. The Morgan fingerprint density at radius 2 is 1.87 bits per heavy atom. The summed E-state index contributed by atoms with van der Waals surface area (Å²) >= 11 is 0. The number of nitrogens with zero attached hydrogens (tertiary/aromatic N) is 6. The molecule has 3 heterocycles. The highest BCUT2D eigenvalue weighted by atomic mass is 32.2. The molecule has 19 heteroatoms. The maximum absolute atomic E-state index is 13.8. The van der Waals surface area contributed by atoms with E-state index in [1.807, 2.05) is 4.90 Å². The van der Waals surface area contributed by atoms with Crippen LogP contribution in [0.1, 0.15) is 39.0 Å². The number of morpholine rings is 1. The van der Waals surface area contributed by atoms with E-state index in [0.717, 1.165) is 39.2 Å². The summed E-state index contributed by atoms with van der Waals surface area (Å²) in [6, 6.07) is -1.37. The summed E-state index contributed by atoms with van der Waals surface area (Å²) in [7, 11) is -4.06. The number of aromatic nitrogens is 2. The fraction of sp³-hybridized carbons (Fsp3) is 0.704. The smallest absolute Gasteiger partial charge is 0.300 e. The molecule has 3 amide bonds. The monoisotopic (exact) mass is 670 g/mol. The summed E-state index contributed by atoms with van der Waals surface area (Å²) in [4.78, 5) is 55.6. The maximum Gasteiger partial charge on any atom is 0.300 e. The molecule has 1 aliphatic carbocycles. The first-order valence-corrected chi connectivity index (χ1v) is 16.7. The molecule has 18 nitrogen and oxygen atoms in total. The van der Waals surface area contributed by atoms with Gasteiger partial charge in [0.1, 0.15) is 18.9 Å². The number of ether oxygens (including phenoxy) is 1. The van der Waals surface area contributed by atoms with Crippen molar-refractivity contribution in [1.29, 1.82) is 0 Å². The summed E-state index contributed by atoms with van der Waals surface area (Å²) in [5.41, 5.74) is 0. The molecule has 0 radical (unpaired) electrons. The number of carbonyl (C=O) groups is 4. The summed E-state index contributed by atoms with van der Waals surface area (Å²) in [6.07, 6.45) is 9.42. The molecule has 3 aliphatic rings. The highest BCUT2D eigenvalue weighted by Crippen LogP contribution is 2.27. The molecule has 1 saturated carbocycles. The Labute approximate surface area is 268 Å². The maximum atomic E-state index is 13.8. The molecule has 2 saturated heterocycles. The van der Waals surface area contributed by atoms with Crippen LogP contribution in [0.25, 0.3) is 0 Å². The van der Waals surface area contributed by atoms with Gasteiger partial charge in [0.25, 0.3) is 16.2 Å². The molecule has 1 aromatic rings. The van der Waals surface area contributed by atoms with Gasteiger partial charge >= 0.3 is 0 Å². The van der Waals surface area contributed by atoms with Crippen LogP contribution >= 0.6 is 0 Å². The van der Waals surface area contributed by atoms with Crippen LogP contribution in [0.4, 0.5) is 0 Å². The summed E-state index contributed by atoms with van der Waals surface area (Å²) in [5.74, 6) is 3.46. The van der Waals surface area contributed by atoms with Crippen molar-refractivity contribution in [3.05, 3.63) is 18.7 Å². The van der Waals surface area contributed by atoms with E-state index in [0.29, 0.717) is 13.1 Å². The van der Waals surface area contributed by atoms with Crippen LogP contribution in [0.3, 0.4) is 0 Å². The molecule has 258 valence electrons. The number of rotatable bonds is 15. The lowest BCUT2D eigenvalue weighted by molar-refractivity contribution is -0.136. The molecule has 3 fully saturated rings. The minimum absolute atomic E-state index is 0.0704. The minimum Gasteiger partial charge on any atom is -0.481 e. The molecule has 0 spiro atoms. The summed E-state index contributed by atoms with van der Waals surface area (Å²) in [6.45, 7) is 4.29. The van der Waals surface area contributed by atoms with Crippen LogP contribution in [0, 0.1) is 5.92 Å². The van der Waals surface area contributed by atoms with Crippen LogP contribution in [0.5, 0.6) is 0 Å². The second-order valence-electron chi connectivity index (χ2n) is 11.3. The number of likely N-dealkylation sites (tertiary alicyclic amines) is 1. The van der Waals surface area contributed by atoms with Crippen LogP contribution < -0.4 is 21.2 Å². The number of hydrogen-bond donors (Lipinski definition) is 5. The molecule has 0 unspecified atom stereocenters. The SMILES string of the molecule is CC(=O)O.NN=CN1CCC[C@@H](CNC(=O)C[C@H](NS(=O)(=O)N2CCOCC2)C(=O)N(CCNC(=O)Cn2ccnc2)C2CC2)C1. The molecular weight excluding hydrogens is 624 g/mol. The number of nitrogens with two attached hydrogens (primary N) is 1. The molecule has 0 aromatic carbocycles. The van der Waals surface area contributed by atoms with E-state index >= 15 is 0 Å². The van der Waals surface area contributed by atoms with Crippen LogP contribution in [-0.2, 0) is 40.7 Å². The zero-order valence-corrected chi connectivity index (χ0v) is 26.9. The van der Waals surface area contributed by atoms with Gasteiger partial charge in [-0.3, -0.25) is 19.2 Å². The highest BCUT2D eigenvalue weighted by Gasteiger charge is 2.39. The van der Waals surface area contributed by atoms with Crippen LogP contribution in [0.15, 0.2) is 23.8 Å². The van der Waals surface area contributed by atoms with E-state index in [-0.39, 0.29) is 70.2 Å². The number of carboxylic acids is 1. The predicted molar refractivity (Wildman–Crippen MR) is 166 cm³/mol. The first-order chi connectivity index (χ1) is 22.0. The average molecular weight is 671 g/mol. The molecular formula is C27H46N10O8S. The van der Waals surface area contributed by atoms with E-state index in [2.05, 4.69) is 25.4 Å². The van der Waals surface area contributed by atoms with Gasteiger partial charge in [-0.2, -0.15) is 22.5 Å². The second-order valence-corrected chi connectivity index (χ2v) is 13.0. The average Bonchev–Trinajstić information content (AvgIpc) is 3.73. The number of carbonyl (C=O) groups excluding carboxylic acids is 3. The number of aliphatic carboxylic acids is 1. The van der Waals surface area contributed by atoms with Gasteiger partial charge in [0.2, 0.25) is 17.7 Å². The zero-order valence-electron chi connectivity index (χ0n) is 26.1. The number of piperidine rings is 1. The third-order valence-corrected chi connectivity index (χ3v) is 9.12. The second kappa shape index (κ2) is 18.4. The normalized spacial score (nSPS) is 19.5. The molecule has 4 rings (SSSR count). The summed E-state index contributed by atoms with van der Waals surface area (Å²) in [5, 5.41) is 16.7. The van der Waals surface area contributed by atoms with Crippen molar-refractivity contribution in [2.75, 3.05) is 59.0 Å². The van der Waals surface area contributed by atoms with Crippen molar-refractivity contribution in [2.45, 2.75) is 57.7 Å². The van der Waals surface area contributed by atoms with Crippen molar-refractivity contribution < 1.29 is 37.4 Å². The van der Waals surface area contributed by atoms with E-state index < -0.39 is 34.0 Å². The van der Waals surface area contributed by atoms with E-state index in [4.69, 9.17) is 20.5 Å². The standard InChI is InChI=1S/C25H42N10O6S.C2H4O2/c26-30-19-32-7-1-2-20(16-32)15-29-23(36)14-22(31-42(39,40)34-10-12-41-13-11-34)25(38)35(21-3-4-21)9-6-28-24(37)17-33-8-5-27-18-33;1-2(3)4/h5,8,18-22,31H,1-4,6-7,9-17,26H2,(H,28,37)(H,29,36);1H3,(H,3,4)/t20-,22-;/m0./s1. The highest BCUT2D eigenvalue weighted by molar-refractivity contribution is 7.87. The van der Waals surface area contributed by atoms with Gasteiger partial charge in [0.15, 0.2) is 0 Å². The first-order valence-electron chi connectivity index (χ1n) is 15.3. The van der Waals surface area contributed by atoms with Gasteiger partial charge in [-0.15, -0.1) is 0 Å². The number of hydrazone groups is 1. The molecule has 0 bridgehead atoms. The van der Waals surface area contributed by atoms with Crippen LogP contribution in [-0.4, -0.2) is 138 Å². The fourth-order valence-corrected chi connectivity index (χ4v) is 6.50. The fourth-order valence-electron chi connectivity index (χ4n) is 5.18. The Morgan fingerprint density at radius 3 is 2.50 bits per heavy atom. The lowest BCUT2D eigenvalue weighted by atomic mass is 9.98.